The zero-order valence-corrected chi connectivity index (χ0v) is 9.73. The van der Waals surface area contributed by atoms with Crippen LogP contribution in [0.3, 0.4) is 0 Å². The number of hydrogen-bond donors (Lipinski definition) is 2. The van der Waals surface area contributed by atoms with Crippen LogP contribution in [-0.2, 0) is 16.1 Å². The van der Waals surface area contributed by atoms with Crippen molar-refractivity contribution in [3.8, 4) is 0 Å². The van der Waals surface area contributed by atoms with E-state index >= 15 is 0 Å². The number of carboxylic acids is 1. The molecule has 0 unspecified atom stereocenters. The summed E-state index contributed by atoms with van der Waals surface area (Å²) in [5.41, 5.74) is 0.0952. The molecule has 1 aromatic heterocycles. The van der Waals surface area contributed by atoms with Gasteiger partial charge in [0.2, 0.25) is 11.8 Å². The van der Waals surface area contributed by atoms with Crippen molar-refractivity contribution < 1.29 is 23.9 Å². The first-order valence-corrected chi connectivity index (χ1v) is 5.33. The lowest BCUT2D eigenvalue weighted by Gasteiger charge is -2.23. The molecule has 7 nitrogen and oxygen atoms in total. The number of nitrogens with zero attached hydrogens (tertiary/aromatic N) is 1. The summed E-state index contributed by atoms with van der Waals surface area (Å²) < 4.78 is 5.28. The van der Waals surface area contributed by atoms with Crippen molar-refractivity contribution in [2.45, 2.75) is 13.5 Å². The van der Waals surface area contributed by atoms with Crippen molar-refractivity contribution in [3.63, 3.8) is 0 Å². The van der Waals surface area contributed by atoms with Gasteiger partial charge in [0.25, 0.3) is 0 Å². The molecule has 0 bridgehead atoms. The number of hydrogen-bond acceptors (Lipinski definition) is 5. The van der Waals surface area contributed by atoms with Crippen LogP contribution in [0.25, 0.3) is 0 Å². The van der Waals surface area contributed by atoms with Crippen LogP contribution in [-0.4, -0.2) is 40.9 Å². The molecule has 1 aromatic rings. The topological polar surface area (TPSA) is 99.9 Å². The second-order valence-corrected chi connectivity index (χ2v) is 4.10. The lowest BCUT2D eigenvalue weighted by molar-refractivity contribution is -0.136. The number of amides is 2. The second kappa shape index (κ2) is 4.61. The molecular weight excluding hydrogens is 240 g/mol. The number of furan rings is 1. The van der Waals surface area contributed by atoms with Gasteiger partial charge in [-0.15, -0.1) is 0 Å². The number of carboxylic acid groups (broad SMARTS) is 1. The van der Waals surface area contributed by atoms with Crippen LogP contribution in [0.5, 0.6) is 0 Å². The molecule has 96 valence electrons. The van der Waals surface area contributed by atoms with E-state index < -0.39 is 5.97 Å². The fourth-order valence-electron chi connectivity index (χ4n) is 1.86. The van der Waals surface area contributed by atoms with Gasteiger partial charge in [0.05, 0.1) is 19.6 Å². The number of aryl methyl sites for hydroxylation is 1. The average Bonchev–Trinajstić information content (AvgIpc) is 2.57. The Bertz CT molecular complexity index is 504. The van der Waals surface area contributed by atoms with Crippen LogP contribution >= 0.6 is 0 Å². The van der Waals surface area contributed by atoms with Gasteiger partial charge in [-0.1, -0.05) is 0 Å². The van der Waals surface area contributed by atoms with Gasteiger partial charge < -0.3 is 9.52 Å². The molecule has 0 saturated carbocycles. The Balaban J connectivity index is 2.09. The highest BCUT2D eigenvalue weighted by Gasteiger charge is 2.24. The number of carbonyl (C=O) groups is 3. The summed E-state index contributed by atoms with van der Waals surface area (Å²) >= 11 is 0. The highest BCUT2D eigenvalue weighted by Crippen LogP contribution is 2.16. The summed E-state index contributed by atoms with van der Waals surface area (Å²) in [6.07, 6.45) is 0. The number of carbonyl (C=O) groups excluding carboxylic acids is 2. The normalized spacial score (nSPS) is 16.7. The lowest BCUT2D eigenvalue weighted by Crippen LogP contribution is -2.50. The Labute approximate surface area is 102 Å². The Morgan fingerprint density at radius 3 is 2.56 bits per heavy atom. The molecule has 2 N–H and O–H groups in total. The molecule has 0 spiro atoms. The first-order chi connectivity index (χ1) is 8.45. The van der Waals surface area contributed by atoms with Crippen LogP contribution in [0.4, 0.5) is 0 Å². The number of aromatic carboxylic acids is 1. The second-order valence-electron chi connectivity index (χ2n) is 4.10. The van der Waals surface area contributed by atoms with E-state index in [0.29, 0.717) is 11.5 Å². The lowest BCUT2D eigenvalue weighted by atomic mass is 10.2. The maximum absolute atomic E-state index is 11.2. The zero-order chi connectivity index (χ0) is 13.3. The predicted molar refractivity (Wildman–Crippen MR) is 58.8 cm³/mol. The fourth-order valence-corrected chi connectivity index (χ4v) is 1.86. The minimum Gasteiger partial charge on any atom is -0.478 e. The van der Waals surface area contributed by atoms with Crippen LogP contribution in [0.15, 0.2) is 10.5 Å². The van der Waals surface area contributed by atoms with Gasteiger partial charge in [-0.05, 0) is 13.0 Å². The highest BCUT2D eigenvalue weighted by atomic mass is 16.4. The summed E-state index contributed by atoms with van der Waals surface area (Å²) in [5, 5.41) is 11.1. The summed E-state index contributed by atoms with van der Waals surface area (Å²) in [7, 11) is 0. The zero-order valence-electron chi connectivity index (χ0n) is 9.73. The Kier molecular flexibility index (Phi) is 3.15. The van der Waals surface area contributed by atoms with Gasteiger partial charge in [-0.3, -0.25) is 19.8 Å². The number of piperazine rings is 1. The quantitative estimate of drug-likeness (QED) is 0.719. The summed E-state index contributed by atoms with van der Waals surface area (Å²) in [6, 6.07) is 1.41. The summed E-state index contributed by atoms with van der Waals surface area (Å²) in [6.45, 7) is 1.97. The third kappa shape index (κ3) is 2.57. The Morgan fingerprint density at radius 2 is 2.06 bits per heavy atom. The van der Waals surface area contributed by atoms with Crippen LogP contribution in [0.1, 0.15) is 21.9 Å². The molecule has 1 saturated heterocycles. The van der Waals surface area contributed by atoms with Gasteiger partial charge in [0.1, 0.15) is 17.1 Å². The molecule has 7 heteroatoms. The molecule has 2 heterocycles. The number of rotatable bonds is 3. The van der Waals surface area contributed by atoms with Crippen molar-refractivity contribution in [1.82, 2.24) is 10.2 Å². The molecule has 0 aromatic carbocycles. The smallest absolute Gasteiger partial charge is 0.339 e. The van der Waals surface area contributed by atoms with Crippen molar-refractivity contribution in [2.24, 2.45) is 0 Å². The maximum Gasteiger partial charge on any atom is 0.339 e. The molecule has 0 aliphatic carbocycles. The molecule has 18 heavy (non-hydrogen) atoms. The molecule has 0 radical (unpaired) electrons. The third-order valence-electron chi connectivity index (χ3n) is 2.59. The van der Waals surface area contributed by atoms with E-state index in [2.05, 4.69) is 5.32 Å². The first-order valence-electron chi connectivity index (χ1n) is 5.33. The molecule has 1 aliphatic rings. The first kappa shape index (κ1) is 12.3. The molecule has 2 amide bonds. The highest BCUT2D eigenvalue weighted by molar-refractivity contribution is 5.99. The number of nitrogens with one attached hydrogen (secondary N) is 1. The molecule has 0 atom stereocenters. The molecular formula is C11H12N2O5. The molecule has 2 rings (SSSR count). The SMILES string of the molecule is Cc1oc(CN2CC(=O)NC(=O)C2)cc1C(=O)O. The van der Waals surface area contributed by atoms with Crippen LogP contribution in [0, 0.1) is 6.92 Å². The van der Waals surface area contributed by atoms with Gasteiger partial charge in [0, 0.05) is 0 Å². The molecule has 1 aliphatic heterocycles. The average molecular weight is 252 g/mol. The van der Waals surface area contributed by atoms with Crippen LogP contribution < -0.4 is 5.32 Å². The van der Waals surface area contributed by atoms with Gasteiger partial charge in [-0.2, -0.15) is 0 Å². The van der Waals surface area contributed by atoms with Crippen molar-refractivity contribution in [1.29, 1.82) is 0 Å². The fraction of sp³-hybridized carbons (Fsp3) is 0.364. The van der Waals surface area contributed by atoms with E-state index in [0.717, 1.165) is 0 Å². The standard InChI is InChI=1S/C11H12N2O5/c1-6-8(11(16)17)2-7(18-6)3-13-4-9(14)12-10(15)5-13/h2H,3-5H2,1H3,(H,16,17)(H,12,14,15). The Morgan fingerprint density at radius 1 is 1.44 bits per heavy atom. The van der Waals surface area contributed by atoms with Crippen molar-refractivity contribution in [2.75, 3.05) is 13.1 Å². The third-order valence-corrected chi connectivity index (χ3v) is 2.59. The molecule has 1 fully saturated rings. The van der Waals surface area contributed by atoms with E-state index in [1.54, 1.807) is 11.8 Å². The van der Waals surface area contributed by atoms with E-state index in [-0.39, 0.29) is 37.0 Å². The van der Waals surface area contributed by atoms with Gasteiger partial charge in [0.15, 0.2) is 0 Å². The largest absolute Gasteiger partial charge is 0.478 e. The van der Waals surface area contributed by atoms with Crippen molar-refractivity contribution in [3.05, 3.63) is 23.2 Å². The summed E-state index contributed by atoms with van der Waals surface area (Å²) in [4.78, 5) is 34.7. The van der Waals surface area contributed by atoms with Gasteiger partial charge >= 0.3 is 5.97 Å². The monoisotopic (exact) mass is 252 g/mol. The Hall–Kier alpha value is -2.15. The van der Waals surface area contributed by atoms with Gasteiger partial charge in [-0.25, -0.2) is 4.79 Å². The van der Waals surface area contributed by atoms with Crippen LogP contribution in [0.2, 0.25) is 0 Å². The van der Waals surface area contributed by atoms with E-state index in [4.69, 9.17) is 9.52 Å². The van der Waals surface area contributed by atoms with Crippen molar-refractivity contribution >= 4 is 17.8 Å². The maximum atomic E-state index is 11.2. The predicted octanol–water partition coefficient (Wildman–Crippen LogP) is -0.255. The number of imide groups is 1. The van der Waals surface area contributed by atoms with E-state index in [1.807, 2.05) is 0 Å². The van der Waals surface area contributed by atoms with E-state index in [9.17, 15) is 14.4 Å². The van der Waals surface area contributed by atoms with E-state index in [1.165, 1.54) is 6.07 Å². The minimum absolute atomic E-state index is 0.0912. The summed E-state index contributed by atoms with van der Waals surface area (Å²) in [5.74, 6) is -1.06. The minimum atomic E-state index is -1.06.